The molecular weight excluding hydrogens is 254 g/mol. The molecule has 0 aliphatic rings. The van der Waals surface area contributed by atoms with E-state index in [9.17, 15) is 13.2 Å². The SMILES string of the molecule is CC(C)(C)NC(=O)c1ccc(S(=O)(=O)NN)cc1. The van der Waals surface area contributed by atoms with Crippen molar-refractivity contribution in [3.63, 3.8) is 0 Å². The van der Waals surface area contributed by atoms with Crippen molar-refractivity contribution in [2.45, 2.75) is 31.2 Å². The molecule has 1 aromatic rings. The van der Waals surface area contributed by atoms with Crippen molar-refractivity contribution >= 4 is 15.9 Å². The van der Waals surface area contributed by atoms with E-state index in [1.165, 1.54) is 24.3 Å². The Morgan fingerprint density at radius 3 is 2.06 bits per heavy atom. The molecule has 0 aliphatic heterocycles. The second kappa shape index (κ2) is 5.05. The molecule has 0 fully saturated rings. The van der Waals surface area contributed by atoms with Gasteiger partial charge in [0.2, 0.25) is 0 Å². The summed E-state index contributed by atoms with van der Waals surface area (Å²) in [6.07, 6.45) is 0. The number of carbonyl (C=O) groups is 1. The van der Waals surface area contributed by atoms with Gasteiger partial charge in [-0.3, -0.25) is 10.6 Å². The van der Waals surface area contributed by atoms with Gasteiger partial charge in [0.25, 0.3) is 15.9 Å². The molecule has 1 rings (SSSR count). The Labute approximate surface area is 107 Å². The smallest absolute Gasteiger partial charge is 0.253 e. The first kappa shape index (κ1) is 14.6. The van der Waals surface area contributed by atoms with Crippen molar-refractivity contribution < 1.29 is 13.2 Å². The van der Waals surface area contributed by atoms with Crippen LogP contribution in [0, 0.1) is 0 Å². The number of carbonyl (C=O) groups excluding carboxylic acids is 1. The molecule has 0 atom stereocenters. The topological polar surface area (TPSA) is 101 Å². The average Bonchev–Trinajstić information content (AvgIpc) is 2.27. The third-order valence-electron chi connectivity index (χ3n) is 2.07. The number of nitrogens with one attached hydrogen (secondary N) is 2. The van der Waals surface area contributed by atoms with E-state index in [0.717, 1.165) is 0 Å². The van der Waals surface area contributed by atoms with Crippen LogP contribution in [0.5, 0.6) is 0 Å². The first-order chi connectivity index (χ1) is 8.15. The van der Waals surface area contributed by atoms with Gasteiger partial charge in [0, 0.05) is 11.1 Å². The summed E-state index contributed by atoms with van der Waals surface area (Å²) in [5, 5.41) is 2.78. The summed E-state index contributed by atoms with van der Waals surface area (Å²) < 4.78 is 22.7. The Hall–Kier alpha value is -1.44. The van der Waals surface area contributed by atoms with Crippen LogP contribution >= 0.6 is 0 Å². The van der Waals surface area contributed by atoms with Gasteiger partial charge in [0.05, 0.1) is 4.90 Å². The number of hydrogen-bond donors (Lipinski definition) is 3. The van der Waals surface area contributed by atoms with Crippen LogP contribution in [0.3, 0.4) is 0 Å². The molecule has 0 bridgehead atoms. The van der Waals surface area contributed by atoms with E-state index in [2.05, 4.69) is 5.32 Å². The van der Waals surface area contributed by atoms with Crippen LogP contribution in [0.15, 0.2) is 29.2 Å². The van der Waals surface area contributed by atoms with E-state index in [4.69, 9.17) is 5.84 Å². The number of rotatable bonds is 3. The molecule has 4 N–H and O–H groups in total. The van der Waals surface area contributed by atoms with Gasteiger partial charge in [-0.1, -0.05) is 0 Å². The number of benzene rings is 1. The quantitative estimate of drug-likeness (QED) is 0.546. The summed E-state index contributed by atoms with van der Waals surface area (Å²) in [6.45, 7) is 5.59. The number of amides is 1. The molecule has 0 radical (unpaired) electrons. The Morgan fingerprint density at radius 2 is 1.67 bits per heavy atom. The lowest BCUT2D eigenvalue weighted by molar-refractivity contribution is 0.0919. The van der Waals surface area contributed by atoms with Gasteiger partial charge in [-0.15, -0.1) is 0 Å². The zero-order chi connectivity index (χ0) is 14.0. The summed E-state index contributed by atoms with van der Waals surface area (Å²) >= 11 is 0. The molecule has 1 aromatic carbocycles. The van der Waals surface area contributed by atoms with Gasteiger partial charge in [0.1, 0.15) is 0 Å². The predicted molar refractivity (Wildman–Crippen MR) is 68.2 cm³/mol. The molecule has 0 aliphatic carbocycles. The summed E-state index contributed by atoms with van der Waals surface area (Å²) in [7, 11) is -3.68. The molecule has 0 saturated carbocycles. The molecular formula is C11H17N3O3S. The Morgan fingerprint density at radius 1 is 1.17 bits per heavy atom. The van der Waals surface area contributed by atoms with Gasteiger partial charge in [-0.25, -0.2) is 8.42 Å². The molecule has 100 valence electrons. The average molecular weight is 271 g/mol. The van der Waals surface area contributed by atoms with E-state index in [1.807, 2.05) is 20.8 Å². The largest absolute Gasteiger partial charge is 0.347 e. The maximum absolute atomic E-state index is 11.8. The van der Waals surface area contributed by atoms with E-state index in [-0.39, 0.29) is 16.3 Å². The molecule has 1 amide bonds. The highest BCUT2D eigenvalue weighted by Crippen LogP contribution is 2.11. The normalized spacial score (nSPS) is 12.2. The van der Waals surface area contributed by atoms with Gasteiger partial charge in [-0.2, -0.15) is 4.83 Å². The third-order valence-corrected chi connectivity index (χ3v) is 3.27. The zero-order valence-electron chi connectivity index (χ0n) is 10.5. The molecule has 6 nitrogen and oxygen atoms in total. The van der Waals surface area contributed by atoms with Crippen LogP contribution in [-0.2, 0) is 10.0 Å². The van der Waals surface area contributed by atoms with Crippen molar-refractivity contribution in [1.82, 2.24) is 10.1 Å². The number of sulfonamides is 1. The van der Waals surface area contributed by atoms with E-state index >= 15 is 0 Å². The fraction of sp³-hybridized carbons (Fsp3) is 0.364. The van der Waals surface area contributed by atoms with Gasteiger partial charge < -0.3 is 5.32 Å². The van der Waals surface area contributed by atoms with Crippen molar-refractivity contribution in [3.8, 4) is 0 Å². The molecule has 7 heteroatoms. The van der Waals surface area contributed by atoms with Crippen LogP contribution in [0.25, 0.3) is 0 Å². The van der Waals surface area contributed by atoms with Crippen molar-refractivity contribution in [2.24, 2.45) is 5.84 Å². The van der Waals surface area contributed by atoms with Crippen LogP contribution in [-0.4, -0.2) is 19.9 Å². The standard InChI is InChI=1S/C11H17N3O3S/c1-11(2,3)13-10(15)8-4-6-9(7-5-8)18(16,17)14-12/h4-7,14H,12H2,1-3H3,(H,13,15). The number of nitrogens with two attached hydrogens (primary N) is 1. The highest BCUT2D eigenvalue weighted by Gasteiger charge is 2.16. The van der Waals surface area contributed by atoms with Crippen molar-refractivity contribution in [3.05, 3.63) is 29.8 Å². The summed E-state index contributed by atoms with van der Waals surface area (Å²) in [5.74, 6) is 4.64. The second-order valence-corrected chi connectivity index (χ2v) is 6.56. The highest BCUT2D eigenvalue weighted by molar-refractivity contribution is 7.89. The molecule has 0 saturated heterocycles. The van der Waals surface area contributed by atoms with Gasteiger partial charge in [0.15, 0.2) is 0 Å². The van der Waals surface area contributed by atoms with E-state index in [0.29, 0.717) is 5.56 Å². The lowest BCUT2D eigenvalue weighted by Gasteiger charge is -2.20. The first-order valence-electron chi connectivity index (χ1n) is 5.31. The maximum atomic E-state index is 11.8. The first-order valence-corrected chi connectivity index (χ1v) is 6.79. The molecule has 0 heterocycles. The second-order valence-electron chi connectivity index (χ2n) is 4.85. The minimum atomic E-state index is -3.68. The zero-order valence-corrected chi connectivity index (χ0v) is 11.3. The summed E-state index contributed by atoms with van der Waals surface area (Å²) in [6, 6.07) is 5.52. The lowest BCUT2D eigenvalue weighted by Crippen LogP contribution is -2.40. The molecule has 0 aromatic heterocycles. The van der Waals surface area contributed by atoms with Crippen LogP contribution in [0.4, 0.5) is 0 Å². The fourth-order valence-corrected chi connectivity index (χ4v) is 1.90. The van der Waals surface area contributed by atoms with Gasteiger partial charge >= 0.3 is 0 Å². The number of hydrogen-bond acceptors (Lipinski definition) is 4. The Balaban J connectivity index is 2.94. The molecule has 0 unspecified atom stereocenters. The summed E-state index contributed by atoms with van der Waals surface area (Å²) in [5.41, 5.74) is 0.0431. The Bertz CT molecular complexity index is 530. The maximum Gasteiger partial charge on any atom is 0.253 e. The van der Waals surface area contributed by atoms with Crippen LogP contribution in [0.2, 0.25) is 0 Å². The monoisotopic (exact) mass is 271 g/mol. The van der Waals surface area contributed by atoms with Crippen LogP contribution < -0.4 is 16.0 Å². The molecule has 0 spiro atoms. The van der Waals surface area contributed by atoms with Gasteiger partial charge in [-0.05, 0) is 45.0 Å². The van der Waals surface area contributed by atoms with Crippen molar-refractivity contribution in [2.75, 3.05) is 0 Å². The highest BCUT2D eigenvalue weighted by atomic mass is 32.2. The Kier molecular flexibility index (Phi) is 4.10. The minimum Gasteiger partial charge on any atom is -0.347 e. The lowest BCUT2D eigenvalue weighted by atomic mass is 10.1. The van der Waals surface area contributed by atoms with E-state index in [1.54, 1.807) is 4.83 Å². The number of hydrazine groups is 1. The van der Waals surface area contributed by atoms with E-state index < -0.39 is 10.0 Å². The summed E-state index contributed by atoms with van der Waals surface area (Å²) in [4.78, 5) is 13.5. The third kappa shape index (κ3) is 3.80. The van der Waals surface area contributed by atoms with Crippen LogP contribution in [0.1, 0.15) is 31.1 Å². The minimum absolute atomic E-state index is 0.0114. The molecule has 18 heavy (non-hydrogen) atoms. The predicted octanol–water partition coefficient (Wildman–Crippen LogP) is 0.367. The fourth-order valence-electron chi connectivity index (χ4n) is 1.27. The van der Waals surface area contributed by atoms with Crippen molar-refractivity contribution in [1.29, 1.82) is 0 Å².